The fraction of sp³-hybridized carbons (Fsp3) is 0.500. The number of nitrogens with zero attached hydrogens (tertiary/aromatic N) is 1. The van der Waals surface area contributed by atoms with Crippen LogP contribution in [0.1, 0.15) is 38.8 Å². The Hall–Kier alpha value is -2.31. The Morgan fingerprint density at radius 3 is 2.48 bits per heavy atom. The second-order valence-corrected chi connectivity index (χ2v) is 5.41. The highest BCUT2D eigenvalue weighted by molar-refractivity contribution is 5.71. The minimum Gasteiger partial charge on any atom is -0.550 e. The van der Waals surface area contributed by atoms with Gasteiger partial charge in [0.2, 0.25) is 5.88 Å². The number of carbonyl (C=O) groups is 2. The van der Waals surface area contributed by atoms with Crippen LogP contribution in [0.3, 0.4) is 0 Å². The van der Waals surface area contributed by atoms with Crippen molar-refractivity contribution in [2.75, 3.05) is 7.11 Å². The molecule has 0 unspecified atom stereocenters. The Balaban J connectivity index is 2.84. The number of hydrogen-bond acceptors (Lipinski definition) is 6. The van der Waals surface area contributed by atoms with Crippen LogP contribution in [0.5, 0.6) is 5.88 Å². The van der Waals surface area contributed by atoms with Crippen molar-refractivity contribution in [2.24, 2.45) is 0 Å². The molecular weight excluding hydrogens is 276 g/mol. The van der Waals surface area contributed by atoms with E-state index in [1.165, 1.54) is 13.3 Å². The summed E-state index contributed by atoms with van der Waals surface area (Å²) in [6, 6.07) is 2.41. The Bertz CT molecular complexity index is 493. The van der Waals surface area contributed by atoms with E-state index in [-0.39, 0.29) is 6.42 Å². The number of hydrogen-bond donors (Lipinski definition) is 1. The summed E-state index contributed by atoms with van der Waals surface area (Å²) in [6.45, 7) is 5.15. The van der Waals surface area contributed by atoms with Crippen molar-refractivity contribution in [1.82, 2.24) is 10.3 Å². The number of pyridine rings is 1. The number of aromatic nitrogens is 1. The highest BCUT2D eigenvalue weighted by Gasteiger charge is 2.21. The maximum Gasteiger partial charge on any atom is 0.408 e. The molecule has 1 amide bonds. The van der Waals surface area contributed by atoms with E-state index in [1.54, 1.807) is 32.9 Å². The van der Waals surface area contributed by atoms with Gasteiger partial charge in [0, 0.05) is 24.7 Å². The maximum atomic E-state index is 11.8. The Labute approximate surface area is 123 Å². The molecular formula is C14H19N2O5-. The molecule has 116 valence electrons. The topological polar surface area (TPSA) is 101 Å². The quantitative estimate of drug-likeness (QED) is 0.862. The normalized spacial score (nSPS) is 12.4. The van der Waals surface area contributed by atoms with Gasteiger partial charge in [-0.3, -0.25) is 0 Å². The summed E-state index contributed by atoms with van der Waals surface area (Å²) < 4.78 is 10.0. The number of amides is 1. The SMILES string of the molecule is COc1ccc([C@H](CC(=O)[O-])NC(=O)OC(C)(C)C)cn1. The molecule has 7 heteroatoms. The second kappa shape index (κ2) is 6.92. The van der Waals surface area contributed by atoms with E-state index in [4.69, 9.17) is 9.47 Å². The minimum atomic E-state index is -1.29. The van der Waals surface area contributed by atoms with Crippen LogP contribution in [0.4, 0.5) is 4.79 Å². The van der Waals surface area contributed by atoms with E-state index < -0.39 is 23.7 Å². The lowest BCUT2D eigenvalue weighted by Crippen LogP contribution is -2.37. The average molecular weight is 295 g/mol. The third kappa shape index (κ3) is 6.11. The number of ether oxygens (including phenoxy) is 2. The molecule has 1 rings (SSSR count). The third-order valence-corrected chi connectivity index (χ3v) is 2.43. The molecule has 0 saturated heterocycles. The van der Waals surface area contributed by atoms with Gasteiger partial charge in [0.25, 0.3) is 0 Å². The molecule has 1 heterocycles. The fourth-order valence-corrected chi connectivity index (χ4v) is 1.59. The van der Waals surface area contributed by atoms with Crippen molar-refractivity contribution >= 4 is 12.1 Å². The molecule has 0 aliphatic carbocycles. The van der Waals surface area contributed by atoms with Gasteiger partial charge >= 0.3 is 6.09 Å². The molecule has 0 saturated carbocycles. The second-order valence-electron chi connectivity index (χ2n) is 5.41. The predicted molar refractivity (Wildman–Crippen MR) is 72.5 cm³/mol. The van der Waals surface area contributed by atoms with Gasteiger partial charge in [0.05, 0.1) is 13.2 Å². The molecule has 1 atom stereocenters. The van der Waals surface area contributed by atoms with E-state index in [1.807, 2.05) is 0 Å². The zero-order valence-corrected chi connectivity index (χ0v) is 12.5. The van der Waals surface area contributed by atoms with Crippen molar-refractivity contribution in [3.8, 4) is 5.88 Å². The lowest BCUT2D eigenvalue weighted by molar-refractivity contribution is -0.306. The van der Waals surface area contributed by atoms with Crippen molar-refractivity contribution in [2.45, 2.75) is 38.8 Å². The first-order valence-corrected chi connectivity index (χ1v) is 6.40. The van der Waals surface area contributed by atoms with E-state index in [0.717, 1.165) is 0 Å². The van der Waals surface area contributed by atoms with E-state index in [0.29, 0.717) is 11.4 Å². The number of alkyl carbamates (subject to hydrolysis) is 1. The molecule has 0 spiro atoms. The standard InChI is InChI=1S/C14H20N2O5/c1-14(2,3)21-13(19)16-10(7-12(17)18)9-5-6-11(20-4)15-8-9/h5-6,8,10H,7H2,1-4H3,(H,16,19)(H,17,18)/p-1/t10-/m0/s1. The maximum absolute atomic E-state index is 11.8. The van der Waals surface area contributed by atoms with Crippen LogP contribution in [0.15, 0.2) is 18.3 Å². The monoisotopic (exact) mass is 295 g/mol. The number of carbonyl (C=O) groups excluding carboxylic acids is 2. The van der Waals surface area contributed by atoms with Gasteiger partial charge in [-0.05, 0) is 26.3 Å². The summed E-state index contributed by atoms with van der Waals surface area (Å²) in [5, 5.41) is 13.3. The molecule has 0 bridgehead atoms. The first kappa shape index (κ1) is 16.7. The van der Waals surface area contributed by atoms with Crippen LogP contribution in [0.2, 0.25) is 0 Å². The smallest absolute Gasteiger partial charge is 0.408 e. The molecule has 21 heavy (non-hydrogen) atoms. The summed E-state index contributed by atoms with van der Waals surface area (Å²) in [6.07, 6.45) is 0.349. The van der Waals surface area contributed by atoms with Crippen LogP contribution in [-0.4, -0.2) is 29.8 Å². The van der Waals surface area contributed by atoms with Crippen LogP contribution < -0.4 is 15.2 Å². The third-order valence-electron chi connectivity index (χ3n) is 2.43. The minimum absolute atomic E-state index is 0.382. The van der Waals surface area contributed by atoms with Crippen LogP contribution in [0, 0.1) is 0 Å². The van der Waals surface area contributed by atoms with Gasteiger partial charge in [0.1, 0.15) is 5.60 Å². The van der Waals surface area contributed by atoms with Crippen molar-refractivity contribution < 1.29 is 24.2 Å². The zero-order chi connectivity index (χ0) is 16.0. The molecule has 0 fully saturated rings. The number of rotatable bonds is 5. The zero-order valence-electron chi connectivity index (χ0n) is 12.5. The number of nitrogens with one attached hydrogen (secondary N) is 1. The molecule has 1 aromatic heterocycles. The average Bonchev–Trinajstić information content (AvgIpc) is 2.35. The van der Waals surface area contributed by atoms with Crippen molar-refractivity contribution in [3.05, 3.63) is 23.9 Å². The first-order valence-electron chi connectivity index (χ1n) is 6.40. The van der Waals surface area contributed by atoms with Gasteiger partial charge in [0.15, 0.2) is 0 Å². The number of aliphatic carboxylic acids is 1. The predicted octanol–water partition coefficient (Wildman–Crippen LogP) is 0.796. The fourth-order valence-electron chi connectivity index (χ4n) is 1.59. The molecule has 1 N–H and O–H groups in total. The van der Waals surface area contributed by atoms with Gasteiger partial charge in [-0.15, -0.1) is 0 Å². The summed E-state index contributed by atoms with van der Waals surface area (Å²) in [5.74, 6) is -0.893. The van der Waals surface area contributed by atoms with Crippen LogP contribution in [0.25, 0.3) is 0 Å². The highest BCUT2D eigenvalue weighted by Crippen LogP contribution is 2.19. The first-order chi connectivity index (χ1) is 9.71. The molecule has 1 aromatic rings. The van der Waals surface area contributed by atoms with Crippen molar-refractivity contribution in [3.63, 3.8) is 0 Å². The van der Waals surface area contributed by atoms with Gasteiger partial charge in [-0.2, -0.15) is 0 Å². The number of carboxylic acids is 1. The van der Waals surface area contributed by atoms with Crippen LogP contribution in [-0.2, 0) is 9.53 Å². The summed E-state index contributed by atoms with van der Waals surface area (Å²) in [5.41, 5.74) is -0.153. The van der Waals surface area contributed by atoms with Gasteiger partial charge < -0.3 is 24.7 Å². The molecule has 0 aromatic carbocycles. The molecule has 0 aliphatic heterocycles. The highest BCUT2D eigenvalue weighted by atomic mass is 16.6. The Morgan fingerprint density at radius 1 is 1.38 bits per heavy atom. The Kier molecular flexibility index (Phi) is 5.52. The van der Waals surface area contributed by atoms with Gasteiger partial charge in [-0.25, -0.2) is 9.78 Å². The summed E-state index contributed by atoms with van der Waals surface area (Å²) in [4.78, 5) is 26.6. The molecule has 7 nitrogen and oxygen atoms in total. The van der Waals surface area contributed by atoms with E-state index in [9.17, 15) is 14.7 Å². The van der Waals surface area contributed by atoms with Crippen LogP contribution >= 0.6 is 0 Å². The lowest BCUT2D eigenvalue weighted by atomic mass is 10.1. The Morgan fingerprint density at radius 2 is 2.05 bits per heavy atom. The number of methoxy groups -OCH3 is 1. The number of carboxylic acid groups (broad SMARTS) is 1. The largest absolute Gasteiger partial charge is 0.550 e. The van der Waals surface area contributed by atoms with E-state index >= 15 is 0 Å². The van der Waals surface area contributed by atoms with Crippen molar-refractivity contribution in [1.29, 1.82) is 0 Å². The van der Waals surface area contributed by atoms with E-state index in [2.05, 4.69) is 10.3 Å². The summed E-state index contributed by atoms with van der Waals surface area (Å²) in [7, 11) is 1.47. The molecule has 0 radical (unpaired) electrons. The molecule has 0 aliphatic rings. The lowest BCUT2D eigenvalue weighted by Gasteiger charge is -2.24. The summed E-state index contributed by atoms with van der Waals surface area (Å²) >= 11 is 0. The van der Waals surface area contributed by atoms with Gasteiger partial charge in [-0.1, -0.05) is 6.07 Å².